The van der Waals surface area contributed by atoms with E-state index in [9.17, 15) is 19.2 Å². The molecule has 2 aromatic rings. The molecule has 4 rings (SSSR count). The van der Waals surface area contributed by atoms with E-state index in [-0.39, 0.29) is 29.0 Å². The molecule has 0 aromatic carbocycles. The minimum Gasteiger partial charge on any atom is -0.443 e. The molecule has 40 heavy (non-hydrogen) atoms. The Kier molecular flexibility index (Phi) is 7.53. The van der Waals surface area contributed by atoms with Gasteiger partial charge < -0.3 is 9.30 Å². The van der Waals surface area contributed by atoms with Crippen LogP contribution in [0.5, 0.6) is 0 Å². The van der Waals surface area contributed by atoms with Gasteiger partial charge in [-0.2, -0.15) is 9.97 Å². The molecule has 4 amide bonds. The maximum atomic E-state index is 13.5. The Balaban J connectivity index is 1.83. The monoisotopic (exact) mass is 574 g/mol. The van der Waals surface area contributed by atoms with Crippen molar-refractivity contribution >= 4 is 52.5 Å². The van der Waals surface area contributed by atoms with Crippen LogP contribution < -0.4 is 4.90 Å². The average Bonchev–Trinajstić information content (AvgIpc) is 3.21. The van der Waals surface area contributed by atoms with Gasteiger partial charge in [0.25, 0.3) is 0 Å². The summed E-state index contributed by atoms with van der Waals surface area (Å²) in [5.74, 6) is -1.18. The molecule has 3 unspecified atom stereocenters. The first kappa shape index (κ1) is 29.9. The Labute approximate surface area is 239 Å². The number of halogens is 1. The molecular formula is C28H39ClN6O5. The van der Waals surface area contributed by atoms with Crippen LogP contribution in [0.1, 0.15) is 94.0 Å². The van der Waals surface area contributed by atoms with Gasteiger partial charge in [0.05, 0.1) is 18.4 Å². The number of piperidine rings is 1. The maximum absolute atomic E-state index is 13.5. The number of nitrogens with zero attached hydrogens (tertiary/aromatic N) is 6. The lowest BCUT2D eigenvalue weighted by Crippen LogP contribution is -2.56. The van der Waals surface area contributed by atoms with E-state index in [1.807, 2.05) is 0 Å². The second-order valence-corrected chi connectivity index (χ2v) is 14.2. The standard InChI is InChI=1S/C28H39ClN6O5/c1-26(2,3)22(37)35(23(38)27(4,5)6)24-31-20(29)19-21(32-24)33(14-30-19)16-11-10-15-12-17(16)34(18(36)13-15)25(39)40-28(7,8)9/h14-17H,10-13H2,1-9H3. The van der Waals surface area contributed by atoms with Crippen LogP contribution in [0.2, 0.25) is 5.15 Å². The molecule has 0 N–H and O–H groups in total. The molecule has 1 saturated carbocycles. The van der Waals surface area contributed by atoms with Gasteiger partial charge in [0.15, 0.2) is 10.8 Å². The first-order chi connectivity index (χ1) is 18.3. The second-order valence-electron chi connectivity index (χ2n) is 13.8. The van der Waals surface area contributed by atoms with E-state index in [4.69, 9.17) is 16.3 Å². The van der Waals surface area contributed by atoms with Gasteiger partial charge in [-0.3, -0.25) is 14.4 Å². The quantitative estimate of drug-likeness (QED) is 0.441. The van der Waals surface area contributed by atoms with Gasteiger partial charge in [-0.25, -0.2) is 19.6 Å². The van der Waals surface area contributed by atoms with E-state index < -0.39 is 40.4 Å². The van der Waals surface area contributed by atoms with E-state index >= 15 is 0 Å². The van der Waals surface area contributed by atoms with Gasteiger partial charge in [-0.15, -0.1) is 0 Å². The number of amides is 4. The molecule has 2 bridgehead atoms. The number of rotatable bonds is 2. The highest BCUT2D eigenvalue weighted by atomic mass is 35.5. The largest absolute Gasteiger partial charge is 0.443 e. The fourth-order valence-corrected chi connectivity index (χ4v) is 5.45. The second kappa shape index (κ2) is 10.1. The number of hydrogen-bond donors (Lipinski definition) is 0. The zero-order chi connectivity index (χ0) is 29.9. The van der Waals surface area contributed by atoms with E-state index in [2.05, 4.69) is 15.0 Å². The van der Waals surface area contributed by atoms with Gasteiger partial charge in [-0.1, -0.05) is 53.1 Å². The first-order valence-corrected chi connectivity index (χ1v) is 14.0. The molecular weight excluding hydrogens is 536 g/mol. The van der Waals surface area contributed by atoms with Crippen molar-refractivity contribution in [1.82, 2.24) is 24.4 Å². The fraction of sp³-hybridized carbons (Fsp3) is 0.679. The minimum absolute atomic E-state index is 0.00965. The van der Waals surface area contributed by atoms with E-state index in [0.717, 1.165) is 11.3 Å². The number of imidazole rings is 1. The van der Waals surface area contributed by atoms with Crippen LogP contribution in [0.15, 0.2) is 6.33 Å². The number of ether oxygens (including phenoxy) is 1. The number of carbonyl (C=O) groups excluding carboxylic acids is 4. The van der Waals surface area contributed by atoms with Crippen LogP contribution in [0.3, 0.4) is 0 Å². The number of imide groups is 2. The molecule has 2 aliphatic rings. The summed E-state index contributed by atoms with van der Waals surface area (Å²) in [6.45, 7) is 15.6. The van der Waals surface area contributed by atoms with Gasteiger partial charge in [0, 0.05) is 17.3 Å². The van der Waals surface area contributed by atoms with Crippen LogP contribution in [0, 0.1) is 16.7 Å². The van der Waals surface area contributed by atoms with Crippen molar-refractivity contribution in [3.05, 3.63) is 11.5 Å². The third-order valence-electron chi connectivity index (χ3n) is 7.16. The van der Waals surface area contributed by atoms with Crippen LogP contribution in [0.25, 0.3) is 11.2 Å². The Hall–Kier alpha value is -3.08. The maximum Gasteiger partial charge on any atom is 0.417 e. The number of carbonyl (C=O) groups is 4. The number of aromatic nitrogens is 4. The summed E-state index contributed by atoms with van der Waals surface area (Å²) in [4.78, 5) is 68.9. The summed E-state index contributed by atoms with van der Waals surface area (Å²) in [7, 11) is 0. The molecule has 2 aromatic heterocycles. The van der Waals surface area contributed by atoms with Gasteiger partial charge >= 0.3 is 6.09 Å². The first-order valence-electron chi connectivity index (χ1n) is 13.6. The van der Waals surface area contributed by atoms with Crippen molar-refractivity contribution in [2.75, 3.05) is 4.90 Å². The van der Waals surface area contributed by atoms with Crippen LogP contribution in [-0.2, 0) is 19.1 Å². The molecule has 2 fully saturated rings. The van der Waals surface area contributed by atoms with Crippen LogP contribution in [0.4, 0.5) is 10.7 Å². The van der Waals surface area contributed by atoms with Crippen molar-refractivity contribution in [1.29, 1.82) is 0 Å². The molecule has 1 saturated heterocycles. The highest BCUT2D eigenvalue weighted by Gasteiger charge is 2.47. The van der Waals surface area contributed by atoms with Crippen molar-refractivity contribution in [3.8, 4) is 0 Å². The van der Waals surface area contributed by atoms with Crippen molar-refractivity contribution < 1.29 is 23.9 Å². The highest BCUT2D eigenvalue weighted by molar-refractivity contribution is 6.33. The zero-order valence-electron chi connectivity index (χ0n) is 24.7. The van der Waals surface area contributed by atoms with Crippen molar-refractivity contribution in [3.63, 3.8) is 0 Å². The Morgan fingerprint density at radius 3 is 2.10 bits per heavy atom. The summed E-state index contributed by atoms with van der Waals surface area (Å²) >= 11 is 6.56. The van der Waals surface area contributed by atoms with Gasteiger partial charge in [0.2, 0.25) is 23.7 Å². The lowest BCUT2D eigenvalue weighted by atomic mass is 9.76. The molecule has 218 valence electrons. The van der Waals surface area contributed by atoms with Crippen molar-refractivity contribution in [2.45, 2.75) is 106 Å². The minimum atomic E-state index is -0.902. The smallest absolute Gasteiger partial charge is 0.417 e. The highest BCUT2D eigenvalue weighted by Crippen LogP contribution is 2.43. The van der Waals surface area contributed by atoms with Gasteiger partial charge in [0.1, 0.15) is 11.1 Å². The number of anilines is 1. The van der Waals surface area contributed by atoms with Gasteiger partial charge in [-0.05, 0) is 46.0 Å². The van der Waals surface area contributed by atoms with E-state index in [0.29, 0.717) is 30.4 Å². The third kappa shape index (κ3) is 5.70. The topological polar surface area (TPSA) is 128 Å². The Morgan fingerprint density at radius 1 is 0.950 bits per heavy atom. The van der Waals surface area contributed by atoms with Crippen LogP contribution >= 0.6 is 11.6 Å². The third-order valence-corrected chi connectivity index (χ3v) is 7.42. The van der Waals surface area contributed by atoms with E-state index in [1.54, 1.807) is 73.2 Å². The summed E-state index contributed by atoms with van der Waals surface area (Å²) in [6.07, 6.45) is 3.26. The molecule has 0 spiro atoms. The predicted octanol–water partition coefficient (Wildman–Crippen LogP) is 5.31. The number of likely N-dealkylation sites (tertiary alicyclic amines) is 1. The number of hydrogen-bond acceptors (Lipinski definition) is 8. The molecule has 11 nitrogen and oxygen atoms in total. The molecule has 12 heteroatoms. The zero-order valence-corrected chi connectivity index (χ0v) is 25.5. The lowest BCUT2D eigenvalue weighted by Gasteiger charge is -2.46. The molecule has 3 atom stereocenters. The summed E-state index contributed by atoms with van der Waals surface area (Å²) in [5.41, 5.74) is -1.96. The fourth-order valence-electron chi connectivity index (χ4n) is 5.24. The van der Waals surface area contributed by atoms with Crippen LogP contribution in [-0.4, -0.2) is 59.9 Å². The van der Waals surface area contributed by atoms with Crippen molar-refractivity contribution in [2.24, 2.45) is 16.7 Å². The molecule has 3 heterocycles. The normalized spacial score (nSPS) is 21.9. The molecule has 0 radical (unpaired) electrons. The molecule has 1 aliphatic heterocycles. The summed E-state index contributed by atoms with van der Waals surface area (Å²) in [6, 6.07) is -0.838. The summed E-state index contributed by atoms with van der Waals surface area (Å²) < 4.78 is 7.37. The predicted molar refractivity (Wildman–Crippen MR) is 150 cm³/mol. The Bertz CT molecular complexity index is 1340. The number of fused-ring (bicyclic) bond motifs is 3. The average molecular weight is 575 g/mol. The SMILES string of the molecule is CC(C)(C)OC(=O)N1C(=O)CC2CCC(n3cnc4c(Cl)nc(N(C(=O)C(C)(C)C)C(=O)C(C)(C)C)nc43)C1C2. The molecule has 1 aliphatic carbocycles. The van der Waals surface area contributed by atoms with E-state index in [1.165, 1.54) is 4.90 Å². The Morgan fingerprint density at radius 2 is 1.55 bits per heavy atom. The lowest BCUT2D eigenvalue weighted by molar-refractivity contribution is -0.141. The summed E-state index contributed by atoms with van der Waals surface area (Å²) in [5, 5.41) is -0.00965.